The Hall–Kier alpha value is -2.22. The van der Waals surface area contributed by atoms with Gasteiger partial charge >= 0.3 is 0 Å². The molecule has 2 heterocycles. The number of carbonyl (C=O) groups excluding carboxylic acids is 1. The molecule has 7 heteroatoms. The molecule has 148 valence electrons. The summed E-state index contributed by atoms with van der Waals surface area (Å²) in [5.41, 5.74) is 4.06. The lowest BCUT2D eigenvalue weighted by Crippen LogP contribution is -2.48. The van der Waals surface area contributed by atoms with E-state index in [0.29, 0.717) is 26.2 Å². The summed E-state index contributed by atoms with van der Waals surface area (Å²) < 4.78 is 27.7. The van der Waals surface area contributed by atoms with E-state index in [1.54, 1.807) is 34.5 Å². The summed E-state index contributed by atoms with van der Waals surface area (Å²) in [6, 6.07) is 13.5. The monoisotopic (exact) mass is 399 g/mol. The quantitative estimate of drug-likeness (QED) is 0.789. The number of likely N-dealkylation sites (N-methyl/N-ethyl adjacent to an activating group) is 1. The molecule has 6 nitrogen and oxygen atoms in total. The van der Waals surface area contributed by atoms with Crippen LogP contribution in [0.1, 0.15) is 16.7 Å². The van der Waals surface area contributed by atoms with Crippen LogP contribution < -0.4 is 4.90 Å². The topological polar surface area (TPSA) is 60.9 Å². The molecule has 0 unspecified atom stereocenters. The summed E-state index contributed by atoms with van der Waals surface area (Å²) >= 11 is 0. The number of aryl methyl sites for hydroxylation is 1. The average Bonchev–Trinajstić information content (AvgIpc) is 2.97. The first-order valence-electron chi connectivity index (χ1n) is 9.52. The van der Waals surface area contributed by atoms with Crippen LogP contribution in [0.4, 0.5) is 5.69 Å². The van der Waals surface area contributed by atoms with Gasteiger partial charge in [-0.25, -0.2) is 8.42 Å². The van der Waals surface area contributed by atoms with E-state index in [4.69, 9.17) is 0 Å². The molecule has 2 aromatic rings. The molecular formula is C21H25N3O3S. The lowest BCUT2D eigenvalue weighted by Gasteiger charge is -2.34. The Balaban J connectivity index is 1.43. The molecule has 0 spiro atoms. The van der Waals surface area contributed by atoms with Crippen LogP contribution in [-0.4, -0.2) is 56.8 Å². The minimum absolute atomic E-state index is 0.00531. The number of sulfonamides is 1. The summed E-state index contributed by atoms with van der Waals surface area (Å²) in [5, 5.41) is 0. The van der Waals surface area contributed by atoms with E-state index < -0.39 is 10.0 Å². The molecule has 0 aromatic heterocycles. The van der Waals surface area contributed by atoms with E-state index in [1.165, 1.54) is 11.1 Å². The van der Waals surface area contributed by atoms with Crippen molar-refractivity contribution in [1.29, 1.82) is 0 Å². The first-order chi connectivity index (χ1) is 13.3. The largest absolute Gasteiger partial charge is 0.315 e. The van der Waals surface area contributed by atoms with Gasteiger partial charge in [-0.1, -0.05) is 29.8 Å². The fourth-order valence-electron chi connectivity index (χ4n) is 3.84. The van der Waals surface area contributed by atoms with Gasteiger partial charge in [-0.3, -0.25) is 9.69 Å². The van der Waals surface area contributed by atoms with E-state index in [2.05, 4.69) is 36.1 Å². The number of nitrogens with zero attached hydrogens (tertiary/aromatic N) is 3. The molecule has 0 atom stereocenters. The third kappa shape index (κ3) is 3.57. The van der Waals surface area contributed by atoms with Crippen molar-refractivity contribution in [3.05, 3.63) is 59.2 Å². The number of piperazine rings is 1. The predicted octanol–water partition coefficient (Wildman–Crippen LogP) is 2.02. The Bertz CT molecular complexity index is 994. The first kappa shape index (κ1) is 19.1. The summed E-state index contributed by atoms with van der Waals surface area (Å²) in [5.74, 6) is -0.00531. The molecule has 2 aliphatic rings. The van der Waals surface area contributed by atoms with E-state index in [1.807, 2.05) is 0 Å². The zero-order valence-electron chi connectivity index (χ0n) is 16.3. The SMILES string of the molecule is Cc1ccc(CN2CCN(S(=O)(=O)c3ccc4c(c3)CC(=O)N4C)CC2)cc1. The first-order valence-corrected chi connectivity index (χ1v) is 11.0. The third-order valence-electron chi connectivity index (χ3n) is 5.62. The molecule has 0 bridgehead atoms. The van der Waals surface area contributed by atoms with E-state index in [0.717, 1.165) is 17.8 Å². The van der Waals surface area contributed by atoms with Crippen LogP contribution in [0.3, 0.4) is 0 Å². The molecule has 28 heavy (non-hydrogen) atoms. The number of anilines is 1. The Morgan fingerprint density at radius 1 is 0.964 bits per heavy atom. The average molecular weight is 400 g/mol. The molecule has 1 saturated heterocycles. The normalized spacial score (nSPS) is 18.5. The summed E-state index contributed by atoms with van der Waals surface area (Å²) in [7, 11) is -1.83. The highest BCUT2D eigenvalue weighted by atomic mass is 32.2. The molecule has 1 fully saturated rings. The van der Waals surface area contributed by atoms with Crippen molar-refractivity contribution in [3.8, 4) is 0 Å². The fourth-order valence-corrected chi connectivity index (χ4v) is 5.31. The maximum absolute atomic E-state index is 13.1. The highest BCUT2D eigenvalue weighted by Crippen LogP contribution is 2.31. The molecular weight excluding hydrogens is 374 g/mol. The van der Waals surface area contributed by atoms with Crippen LogP contribution in [0, 0.1) is 6.92 Å². The third-order valence-corrected chi connectivity index (χ3v) is 7.52. The minimum Gasteiger partial charge on any atom is -0.315 e. The molecule has 0 N–H and O–H groups in total. The number of hydrogen-bond acceptors (Lipinski definition) is 4. The second-order valence-electron chi connectivity index (χ2n) is 7.59. The smallest absolute Gasteiger partial charge is 0.243 e. The highest BCUT2D eigenvalue weighted by Gasteiger charge is 2.31. The molecule has 4 rings (SSSR count). The van der Waals surface area contributed by atoms with Gasteiger partial charge < -0.3 is 4.90 Å². The van der Waals surface area contributed by atoms with Gasteiger partial charge in [0.1, 0.15) is 0 Å². The molecule has 0 radical (unpaired) electrons. The van der Waals surface area contributed by atoms with E-state index >= 15 is 0 Å². The molecule has 2 aromatic carbocycles. The van der Waals surface area contributed by atoms with E-state index in [-0.39, 0.29) is 17.2 Å². The Labute approximate surface area is 166 Å². The number of fused-ring (bicyclic) bond motifs is 1. The van der Waals surface area contributed by atoms with Crippen molar-refractivity contribution in [2.45, 2.75) is 24.8 Å². The maximum Gasteiger partial charge on any atom is 0.243 e. The Morgan fingerprint density at radius 3 is 2.32 bits per heavy atom. The number of hydrogen-bond donors (Lipinski definition) is 0. The van der Waals surface area contributed by atoms with Gasteiger partial charge in [0.25, 0.3) is 0 Å². The Kier molecular flexibility index (Phi) is 4.99. The van der Waals surface area contributed by atoms with Crippen molar-refractivity contribution in [2.75, 3.05) is 38.1 Å². The van der Waals surface area contributed by atoms with Gasteiger partial charge in [0.05, 0.1) is 11.3 Å². The van der Waals surface area contributed by atoms with Crippen LogP contribution in [0.2, 0.25) is 0 Å². The summed E-state index contributed by atoms with van der Waals surface area (Å²) in [6.45, 7) is 5.27. The van der Waals surface area contributed by atoms with Crippen LogP contribution >= 0.6 is 0 Å². The van der Waals surface area contributed by atoms with E-state index in [9.17, 15) is 13.2 Å². The van der Waals surface area contributed by atoms with Gasteiger partial charge in [-0.15, -0.1) is 0 Å². The zero-order valence-corrected chi connectivity index (χ0v) is 17.1. The zero-order chi connectivity index (χ0) is 19.9. The van der Waals surface area contributed by atoms with Crippen molar-refractivity contribution >= 4 is 21.6 Å². The van der Waals surface area contributed by atoms with Crippen LogP contribution in [-0.2, 0) is 27.8 Å². The van der Waals surface area contributed by atoms with Crippen LogP contribution in [0.15, 0.2) is 47.4 Å². The van der Waals surface area contributed by atoms with Gasteiger partial charge in [-0.05, 0) is 36.2 Å². The fraction of sp³-hybridized carbons (Fsp3) is 0.381. The number of rotatable bonds is 4. The molecule has 1 amide bonds. The lowest BCUT2D eigenvalue weighted by molar-refractivity contribution is -0.117. The number of benzene rings is 2. The number of amides is 1. The van der Waals surface area contributed by atoms with Crippen molar-refractivity contribution in [2.24, 2.45) is 0 Å². The number of carbonyl (C=O) groups is 1. The van der Waals surface area contributed by atoms with Crippen molar-refractivity contribution in [1.82, 2.24) is 9.21 Å². The highest BCUT2D eigenvalue weighted by molar-refractivity contribution is 7.89. The maximum atomic E-state index is 13.1. The van der Waals surface area contributed by atoms with Crippen molar-refractivity contribution < 1.29 is 13.2 Å². The van der Waals surface area contributed by atoms with Gasteiger partial charge in [0.2, 0.25) is 15.9 Å². The summed E-state index contributed by atoms with van der Waals surface area (Å²) in [4.78, 5) is 16.0. The van der Waals surface area contributed by atoms with Gasteiger partial charge in [0, 0.05) is 45.5 Å². The van der Waals surface area contributed by atoms with Crippen molar-refractivity contribution in [3.63, 3.8) is 0 Å². The standard InChI is InChI=1S/C21H25N3O3S/c1-16-3-5-17(6-4-16)15-23-9-11-24(12-10-23)28(26,27)19-7-8-20-18(13-19)14-21(25)22(20)2/h3-8,13H,9-12,14-15H2,1-2H3. The molecule has 0 aliphatic carbocycles. The molecule has 0 saturated carbocycles. The second kappa shape index (κ2) is 7.31. The minimum atomic E-state index is -3.54. The lowest BCUT2D eigenvalue weighted by atomic mass is 10.1. The Morgan fingerprint density at radius 2 is 1.64 bits per heavy atom. The van der Waals surface area contributed by atoms with Gasteiger partial charge in [-0.2, -0.15) is 4.31 Å². The van der Waals surface area contributed by atoms with Crippen LogP contribution in [0.5, 0.6) is 0 Å². The second-order valence-corrected chi connectivity index (χ2v) is 9.52. The van der Waals surface area contributed by atoms with Gasteiger partial charge in [0.15, 0.2) is 0 Å². The summed E-state index contributed by atoms with van der Waals surface area (Å²) in [6.07, 6.45) is 0.263. The molecule has 2 aliphatic heterocycles. The predicted molar refractivity (Wildman–Crippen MR) is 109 cm³/mol. The van der Waals surface area contributed by atoms with Crippen LogP contribution in [0.25, 0.3) is 0 Å².